The highest BCUT2D eigenvalue weighted by molar-refractivity contribution is 5.84. The summed E-state index contributed by atoms with van der Waals surface area (Å²) in [6.07, 6.45) is -4.02. The van der Waals surface area contributed by atoms with Crippen molar-refractivity contribution in [2.45, 2.75) is 51.4 Å². The maximum Gasteiger partial charge on any atom is 0.420 e. The van der Waals surface area contributed by atoms with Crippen LogP contribution in [0.15, 0.2) is 36.5 Å². The Hall–Kier alpha value is -3.37. The second-order valence-electron chi connectivity index (χ2n) is 7.96. The summed E-state index contributed by atoms with van der Waals surface area (Å²) in [6.45, 7) is 0.963. The molecule has 190 valence electrons. The molecule has 3 aromatic rings. The summed E-state index contributed by atoms with van der Waals surface area (Å²) >= 11 is 0. The smallest absolute Gasteiger partial charge is 0.420 e. The highest BCUT2D eigenvalue weighted by atomic mass is 19.4. The van der Waals surface area contributed by atoms with Crippen LogP contribution < -0.4 is 9.47 Å². The lowest BCUT2D eigenvalue weighted by atomic mass is 10.0. The summed E-state index contributed by atoms with van der Waals surface area (Å²) in [7, 11) is 0. The summed E-state index contributed by atoms with van der Waals surface area (Å²) in [5, 5.41) is 9.30. The van der Waals surface area contributed by atoms with E-state index in [0.717, 1.165) is 31.2 Å². The van der Waals surface area contributed by atoms with Crippen LogP contribution in [0.3, 0.4) is 0 Å². The number of hydrogen-bond acceptors (Lipinski definition) is 3. The lowest BCUT2D eigenvalue weighted by molar-refractivity contribution is -0.145. The summed E-state index contributed by atoms with van der Waals surface area (Å²) in [6, 6.07) is 4.78. The van der Waals surface area contributed by atoms with Crippen molar-refractivity contribution < 1.29 is 45.7 Å². The molecule has 3 rings (SSSR count). The molecule has 0 spiro atoms. The molecule has 2 aromatic carbocycles. The van der Waals surface area contributed by atoms with Gasteiger partial charge in [0.15, 0.2) is 12.4 Å². The highest BCUT2D eigenvalue weighted by Gasteiger charge is 2.43. The van der Waals surface area contributed by atoms with E-state index in [9.17, 15) is 31.1 Å². The number of alkyl halides is 6. The van der Waals surface area contributed by atoms with Gasteiger partial charge in [0.2, 0.25) is 0 Å². The second-order valence-corrected chi connectivity index (χ2v) is 7.96. The Morgan fingerprint density at radius 1 is 0.943 bits per heavy atom. The van der Waals surface area contributed by atoms with Crippen LogP contribution in [0.1, 0.15) is 49.3 Å². The lowest BCUT2D eigenvalue weighted by Crippen LogP contribution is -2.16. The van der Waals surface area contributed by atoms with Crippen LogP contribution in [0, 0.1) is 0 Å². The van der Waals surface area contributed by atoms with Crippen molar-refractivity contribution >= 4 is 16.9 Å². The van der Waals surface area contributed by atoms with Gasteiger partial charge < -0.3 is 19.6 Å². The van der Waals surface area contributed by atoms with E-state index < -0.39 is 47.6 Å². The van der Waals surface area contributed by atoms with Crippen molar-refractivity contribution in [2.75, 3.05) is 6.61 Å². The van der Waals surface area contributed by atoms with E-state index >= 15 is 0 Å². The van der Waals surface area contributed by atoms with E-state index in [1.165, 1.54) is 18.2 Å². The van der Waals surface area contributed by atoms with Gasteiger partial charge >= 0.3 is 18.3 Å². The van der Waals surface area contributed by atoms with Crippen LogP contribution in [0.2, 0.25) is 0 Å². The molecule has 5 nitrogen and oxygen atoms in total. The molecule has 0 bridgehead atoms. The SMILES string of the molecule is CCCCCCc1c[nH]c2ccc(Oc3c(C(F)(F)F)cc(OCC(=O)O)cc3C(F)(F)F)cc12. The van der Waals surface area contributed by atoms with Crippen molar-refractivity contribution in [3.63, 3.8) is 0 Å². The Balaban J connectivity index is 2.04. The molecule has 11 heteroatoms. The van der Waals surface area contributed by atoms with Gasteiger partial charge in [-0.25, -0.2) is 4.79 Å². The summed E-state index contributed by atoms with van der Waals surface area (Å²) in [5.74, 6) is -4.10. The molecule has 1 heterocycles. The number of unbranched alkanes of at least 4 members (excludes halogenated alkanes) is 3. The fourth-order valence-corrected chi connectivity index (χ4v) is 3.65. The molecule has 0 aliphatic heterocycles. The van der Waals surface area contributed by atoms with Gasteiger partial charge in [0.1, 0.15) is 22.6 Å². The quantitative estimate of drug-likeness (QED) is 0.221. The summed E-state index contributed by atoms with van der Waals surface area (Å²) in [4.78, 5) is 13.7. The number of fused-ring (bicyclic) bond motifs is 1. The zero-order chi connectivity index (χ0) is 25.8. The van der Waals surface area contributed by atoms with Crippen molar-refractivity contribution in [2.24, 2.45) is 0 Å². The maximum atomic E-state index is 13.7. The van der Waals surface area contributed by atoms with Crippen molar-refractivity contribution in [3.05, 3.63) is 53.2 Å². The Kier molecular flexibility index (Phi) is 7.86. The Morgan fingerprint density at radius 3 is 2.17 bits per heavy atom. The van der Waals surface area contributed by atoms with Gasteiger partial charge in [-0.15, -0.1) is 0 Å². The first-order valence-electron chi connectivity index (χ1n) is 10.8. The average molecular weight is 503 g/mol. The van der Waals surface area contributed by atoms with Crippen molar-refractivity contribution in [3.8, 4) is 17.2 Å². The molecule has 0 saturated carbocycles. The Labute approximate surface area is 196 Å². The molecular formula is C24H23F6NO4. The van der Waals surface area contributed by atoms with Crippen LogP contribution in [0.5, 0.6) is 17.2 Å². The number of carboxylic acids is 1. The first-order valence-corrected chi connectivity index (χ1v) is 10.8. The summed E-state index contributed by atoms with van der Waals surface area (Å²) in [5.41, 5.74) is -1.92. The summed E-state index contributed by atoms with van der Waals surface area (Å²) < 4.78 is 92.3. The Morgan fingerprint density at radius 2 is 1.60 bits per heavy atom. The number of benzene rings is 2. The number of carboxylic acid groups (broad SMARTS) is 1. The van der Waals surface area contributed by atoms with Crippen LogP contribution in [-0.2, 0) is 23.6 Å². The molecule has 0 atom stereocenters. The van der Waals surface area contributed by atoms with E-state index in [-0.39, 0.29) is 5.75 Å². The molecule has 0 radical (unpaired) electrons. The van der Waals surface area contributed by atoms with E-state index in [1.54, 1.807) is 6.20 Å². The van der Waals surface area contributed by atoms with E-state index in [4.69, 9.17) is 9.84 Å². The predicted octanol–water partition coefficient (Wildman–Crippen LogP) is 7.58. The van der Waals surface area contributed by atoms with Gasteiger partial charge in [-0.2, -0.15) is 26.3 Å². The van der Waals surface area contributed by atoms with E-state index in [2.05, 4.69) is 16.6 Å². The first kappa shape index (κ1) is 26.2. The molecule has 0 aliphatic carbocycles. The Bertz CT molecular complexity index is 1150. The largest absolute Gasteiger partial charge is 0.482 e. The molecule has 0 saturated heterocycles. The third kappa shape index (κ3) is 6.61. The molecule has 1 aromatic heterocycles. The lowest BCUT2D eigenvalue weighted by Gasteiger charge is -2.20. The number of nitrogens with one attached hydrogen (secondary N) is 1. The van der Waals surface area contributed by atoms with Gasteiger partial charge in [-0.1, -0.05) is 26.2 Å². The normalized spacial score (nSPS) is 12.2. The third-order valence-electron chi connectivity index (χ3n) is 5.29. The number of halogens is 6. The molecule has 35 heavy (non-hydrogen) atoms. The van der Waals surface area contributed by atoms with Gasteiger partial charge in [0, 0.05) is 17.1 Å². The number of aromatic nitrogens is 1. The molecule has 0 aliphatic rings. The van der Waals surface area contributed by atoms with Gasteiger partial charge in [0.25, 0.3) is 0 Å². The zero-order valence-electron chi connectivity index (χ0n) is 18.6. The molecule has 0 amide bonds. The van der Waals surface area contributed by atoms with Gasteiger partial charge in [-0.3, -0.25) is 0 Å². The standard InChI is InChI=1S/C24H23F6NO4/c1-2-3-4-5-6-14-12-31-20-8-7-15(9-17(14)20)35-22-18(23(25,26)27)10-16(34-13-21(32)33)11-19(22)24(28,29)30/h7-12,31H,2-6,13H2,1H3,(H,32,33). The predicted molar refractivity (Wildman–Crippen MR) is 116 cm³/mol. The fraction of sp³-hybridized carbons (Fsp3) is 0.375. The number of aliphatic carboxylic acids is 1. The van der Waals surface area contributed by atoms with E-state index in [1.807, 2.05) is 0 Å². The minimum Gasteiger partial charge on any atom is -0.482 e. The number of ether oxygens (including phenoxy) is 2. The number of H-pyrrole nitrogens is 1. The van der Waals surface area contributed by atoms with Gasteiger partial charge in [-0.05, 0) is 48.7 Å². The number of aromatic amines is 1. The second kappa shape index (κ2) is 10.5. The topological polar surface area (TPSA) is 71.5 Å². The number of hydrogen-bond donors (Lipinski definition) is 2. The monoisotopic (exact) mass is 503 g/mol. The first-order chi connectivity index (χ1) is 16.4. The van der Waals surface area contributed by atoms with Crippen molar-refractivity contribution in [1.29, 1.82) is 0 Å². The minimum atomic E-state index is -5.24. The number of aryl methyl sites for hydroxylation is 1. The van der Waals surface area contributed by atoms with Gasteiger partial charge in [0.05, 0.1) is 0 Å². The molecule has 0 fully saturated rings. The van der Waals surface area contributed by atoms with Crippen LogP contribution >= 0.6 is 0 Å². The molecule has 0 unspecified atom stereocenters. The van der Waals surface area contributed by atoms with Crippen LogP contribution in [0.4, 0.5) is 26.3 Å². The zero-order valence-corrected chi connectivity index (χ0v) is 18.6. The maximum absolute atomic E-state index is 13.7. The fourth-order valence-electron chi connectivity index (χ4n) is 3.65. The van der Waals surface area contributed by atoms with E-state index in [0.29, 0.717) is 29.5 Å². The molecular weight excluding hydrogens is 480 g/mol. The van der Waals surface area contributed by atoms with Crippen LogP contribution in [0.25, 0.3) is 10.9 Å². The number of rotatable bonds is 10. The number of carbonyl (C=O) groups is 1. The van der Waals surface area contributed by atoms with Crippen LogP contribution in [-0.4, -0.2) is 22.7 Å². The third-order valence-corrected chi connectivity index (χ3v) is 5.29. The minimum absolute atomic E-state index is 0.206. The average Bonchev–Trinajstić information content (AvgIpc) is 3.16. The van der Waals surface area contributed by atoms with Crippen molar-refractivity contribution in [1.82, 2.24) is 4.98 Å². The molecule has 2 N–H and O–H groups in total. The highest BCUT2D eigenvalue weighted by Crippen LogP contribution is 2.48.